The molecule has 3 heteroatoms. The molecule has 3 nitrogen and oxygen atoms in total. The van der Waals surface area contributed by atoms with E-state index < -0.39 is 5.97 Å². The molecule has 0 aromatic carbocycles. The van der Waals surface area contributed by atoms with Gasteiger partial charge in [-0.15, -0.1) is 0 Å². The highest BCUT2D eigenvalue weighted by Crippen LogP contribution is 2.21. The van der Waals surface area contributed by atoms with Crippen molar-refractivity contribution in [1.82, 2.24) is 0 Å². The van der Waals surface area contributed by atoms with Crippen LogP contribution in [0.1, 0.15) is 52.9 Å². The van der Waals surface area contributed by atoms with Gasteiger partial charge in [0, 0.05) is 6.42 Å². The van der Waals surface area contributed by atoms with E-state index in [1.807, 2.05) is 0 Å². The Morgan fingerprint density at radius 3 is 2.27 bits per heavy atom. The Bertz CT molecular complexity index is 231. The average Bonchev–Trinajstić information content (AvgIpc) is 2.22. The maximum Gasteiger partial charge on any atom is 0.334 e. The summed E-state index contributed by atoms with van der Waals surface area (Å²) in [4.78, 5) is 10.6. The second-order valence-corrected chi connectivity index (χ2v) is 4.00. The summed E-state index contributed by atoms with van der Waals surface area (Å²) in [6.07, 6.45) is 4.81. The standard InChI is InChI=1S/C12H22O3/c1-4-6-7-10(5-2)8-11(13)9(3)12(14)15/h10,13H,4-8H2,1-3H3,(H,14,15)/b11-9+. The summed E-state index contributed by atoms with van der Waals surface area (Å²) >= 11 is 0. The van der Waals surface area contributed by atoms with Gasteiger partial charge in [-0.05, 0) is 12.8 Å². The van der Waals surface area contributed by atoms with Gasteiger partial charge in [0.2, 0.25) is 0 Å². The van der Waals surface area contributed by atoms with Crippen LogP contribution in [0, 0.1) is 5.92 Å². The molecule has 0 aliphatic carbocycles. The molecule has 0 amide bonds. The molecule has 0 saturated carbocycles. The average molecular weight is 214 g/mol. The van der Waals surface area contributed by atoms with E-state index in [0.717, 1.165) is 25.7 Å². The lowest BCUT2D eigenvalue weighted by Gasteiger charge is -2.14. The predicted octanol–water partition coefficient (Wildman–Crippen LogP) is 3.51. The molecule has 0 radical (unpaired) electrons. The summed E-state index contributed by atoms with van der Waals surface area (Å²) < 4.78 is 0. The molecular weight excluding hydrogens is 192 g/mol. The topological polar surface area (TPSA) is 57.5 Å². The molecule has 0 heterocycles. The number of aliphatic hydroxyl groups excluding tert-OH is 1. The maximum atomic E-state index is 10.6. The van der Waals surface area contributed by atoms with Crippen molar-refractivity contribution in [3.8, 4) is 0 Å². The number of rotatable bonds is 7. The Kier molecular flexibility index (Phi) is 6.84. The van der Waals surface area contributed by atoms with Gasteiger partial charge in [0.25, 0.3) is 0 Å². The summed E-state index contributed by atoms with van der Waals surface area (Å²) in [7, 11) is 0. The number of carboxylic acids is 1. The smallest absolute Gasteiger partial charge is 0.334 e. The number of hydrogen-bond acceptors (Lipinski definition) is 2. The molecule has 0 aliphatic heterocycles. The van der Waals surface area contributed by atoms with E-state index in [-0.39, 0.29) is 11.3 Å². The van der Waals surface area contributed by atoms with Gasteiger partial charge in [-0.25, -0.2) is 4.79 Å². The molecule has 0 aliphatic rings. The van der Waals surface area contributed by atoms with E-state index in [4.69, 9.17) is 5.11 Å². The Hall–Kier alpha value is -0.990. The van der Waals surface area contributed by atoms with Crippen LogP contribution in [0.25, 0.3) is 0 Å². The second kappa shape index (κ2) is 7.32. The van der Waals surface area contributed by atoms with E-state index >= 15 is 0 Å². The molecule has 0 aromatic heterocycles. The first-order valence-electron chi connectivity index (χ1n) is 5.64. The zero-order valence-corrected chi connectivity index (χ0v) is 9.92. The summed E-state index contributed by atoms with van der Waals surface area (Å²) in [6.45, 7) is 5.65. The molecule has 0 fully saturated rings. The van der Waals surface area contributed by atoms with Crippen LogP contribution in [0.5, 0.6) is 0 Å². The van der Waals surface area contributed by atoms with Gasteiger partial charge < -0.3 is 10.2 Å². The first-order chi connectivity index (χ1) is 7.02. The molecule has 0 saturated heterocycles. The summed E-state index contributed by atoms with van der Waals surface area (Å²) in [5.41, 5.74) is 0.0740. The van der Waals surface area contributed by atoms with Crippen molar-refractivity contribution in [3.05, 3.63) is 11.3 Å². The van der Waals surface area contributed by atoms with E-state index in [0.29, 0.717) is 12.3 Å². The molecule has 2 N–H and O–H groups in total. The van der Waals surface area contributed by atoms with E-state index in [1.165, 1.54) is 6.92 Å². The Balaban J connectivity index is 4.28. The molecule has 0 aromatic rings. The molecule has 88 valence electrons. The molecule has 0 bridgehead atoms. The second-order valence-electron chi connectivity index (χ2n) is 4.00. The molecule has 0 spiro atoms. The Morgan fingerprint density at radius 2 is 1.87 bits per heavy atom. The lowest BCUT2D eigenvalue weighted by atomic mass is 9.94. The molecule has 1 unspecified atom stereocenters. The van der Waals surface area contributed by atoms with E-state index in [9.17, 15) is 9.90 Å². The van der Waals surface area contributed by atoms with Crippen molar-refractivity contribution < 1.29 is 15.0 Å². The largest absolute Gasteiger partial charge is 0.512 e. The lowest BCUT2D eigenvalue weighted by molar-refractivity contribution is -0.132. The Labute approximate surface area is 91.8 Å². The Morgan fingerprint density at radius 1 is 1.27 bits per heavy atom. The normalized spacial score (nSPS) is 14.6. The van der Waals surface area contributed by atoms with Crippen molar-refractivity contribution in [2.24, 2.45) is 5.92 Å². The molecular formula is C12H22O3. The van der Waals surface area contributed by atoms with Gasteiger partial charge in [0.1, 0.15) is 5.76 Å². The molecule has 15 heavy (non-hydrogen) atoms. The highest BCUT2D eigenvalue weighted by molar-refractivity contribution is 5.86. The van der Waals surface area contributed by atoms with Crippen molar-refractivity contribution in [2.75, 3.05) is 0 Å². The lowest BCUT2D eigenvalue weighted by Crippen LogP contribution is -2.06. The highest BCUT2D eigenvalue weighted by atomic mass is 16.4. The van der Waals surface area contributed by atoms with Gasteiger partial charge in [-0.2, -0.15) is 0 Å². The van der Waals surface area contributed by atoms with Crippen LogP contribution in [-0.2, 0) is 4.79 Å². The minimum Gasteiger partial charge on any atom is -0.512 e. The van der Waals surface area contributed by atoms with Gasteiger partial charge in [-0.1, -0.05) is 39.5 Å². The van der Waals surface area contributed by atoms with Crippen molar-refractivity contribution in [3.63, 3.8) is 0 Å². The third-order valence-electron chi connectivity index (χ3n) is 2.78. The number of unbranched alkanes of at least 4 members (excludes halogenated alkanes) is 1. The third-order valence-corrected chi connectivity index (χ3v) is 2.78. The van der Waals surface area contributed by atoms with E-state index in [1.54, 1.807) is 0 Å². The summed E-state index contributed by atoms with van der Waals surface area (Å²) in [5, 5.41) is 18.3. The third kappa shape index (κ3) is 5.45. The molecule has 0 rings (SSSR count). The van der Waals surface area contributed by atoms with Crippen LogP contribution in [0.15, 0.2) is 11.3 Å². The van der Waals surface area contributed by atoms with Crippen LogP contribution in [0.3, 0.4) is 0 Å². The van der Waals surface area contributed by atoms with Gasteiger partial charge in [0.05, 0.1) is 5.57 Å². The minimum atomic E-state index is -1.03. The molecule has 1 atom stereocenters. The van der Waals surface area contributed by atoms with Gasteiger partial charge in [0.15, 0.2) is 0 Å². The summed E-state index contributed by atoms with van der Waals surface area (Å²) in [5.74, 6) is -0.595. The van der Waals surface area contributed by atoms with Crippen LogP contribution in [-0.4, -0.2) is 16.2 Å². The first-order valence-corrected chi connectivity index (χ1v) is 5.64. The number of allylic oxidation sites excluding steroid dienone is 1. The van der Waals surface area contributed by atoms with Crippen LogP contribution in [0.4, 0.5) is 0 Å². The zero-order valence-electron chi connectivity index (χ0n) is 9.92. The van der Waals surface area contributed by atoms with Crippen molar-refractivity contribution in [2.45, 2.75) is 52.9 Å². The quantitative estimate of drug-likeness (QED) is 0.503. The number of carboxylic acid groups (broad SMARTS) is 1. The zero-order chi connectivity index (χ0) is 11.8. The monoisotopic (exact) mass is 214 g/mol. The van der Waals surface area contributed by atoms with Crippen LogP contribution >= 0.6 is 0 Å². The number of hydrogen-bond donors (Lipinski definition) is 2. The number of aliphatic carboxylic acids is 1. The van der Waals surface area contributed by atoms with Crippen molar-refractivity contribution >= 4 is 5.97 Å². The van der Waals surface area contributed by atoms with Crippen LogP contribution in [0.2, 0.25) is 0 Å². The SMILES string of the molecule is CCCCC(CC)C/C(O)=C(/C)C(=O)O. The minimum absolute atomic E-state index is 0.0328. The predicted molar refractivity (Wildman–Crippen MR) is 60.9 cm³/mol. The van der Waals surface area contributed by atoms with Gasteiger partial charge >= 0.3 is 5.97 Å². The van der Waals surface area contributed by atoms with Crippen LogP contribution < -0.4 is 0 Å². The fourth-order valence-corrected chi connectivity index (χ4v) is 1.49. The number of aliphatic hydroxyl groups is 1. The summed E-state index contributed by atoms with van der Waals surface area (Å²) in [6, 6.07) is 0. The fourth-order valence-electron chi connectivity index (χ4n) is 1.49. The van der Waals surface area contributed by atoms with Gasteiger partial charge in [-0.3, -0.25) is 0 Å². The number of carbonyl (C=O) groups is 1. The highest BCUT2D eigenvalue weighted by Gasteiger charge is 2.13. The van der Waals surface area contributed by atoms with E-state index in [2.05, 4.69) is 13.8 Å². The maximum absolute atomic E-state index is 10.6. The van der Waals surface area contributed by atoms with Crippen molar-refractivity contribution in [1.29, 1.82) is 0 Å². The first kappa shape index (κ1) is 14.0. The fraction of sp³-hybridized carbons (Fsp3) is 0.750.